The van der Waals surface area contributed by atoms with Crippen LogP contribution in [0.5, 0.6) is 0 Å². The lowest BCUT2D eigenvalue weighted by molar-refractivity contribution is -0.161. The van der Waals surface area contributed by atoms with Crippen LogP contribution in [-0.4, -0.2) is 96.7 Å². The molecule has 0 aromatic heterocycles. The van der Waals surface area contributed by atoms with Gasteiger partial charge >= 0.3 is 39.5 Å². The highest BCUT2D eigenvalue weighted by Gasteiger charge is 2.30. The van der Waals surface area contributed by atoms with Crippen molar-refractivity contribution in [3.63, 3.8) is 0 Å². The van der Waals surface area contributed by atoms with Gasteiger partial charge in [-0.2, -0.15) is 0 Å². The van der Waals surface area contributed by atoms with Gasteiger partial charge < -0.3 is 33.8 Å². The molecule has 0 aliphatic heterocycles. The van der Waals surface area contributed by atoms with Crippen molar-refractivity contribution in [3.05, 3.63) is 0 Å². The first-order chi connectivity index (χ1) is 48.9. The fraction of sp³-hybridized carbons (Fsp3) is 0.951. The second-order valence-electron chi connectivity index (χ2n) is 30.2. The van der Waals surface area contributed by atoms with Gasteiger partial charge in [-0.1, -0.05) is 382 Å². The number of hydrogen-bond donors (Lipinski definition) is 3. The summed E-state index contributed by atoms with van der Waals surface area (Å²) < 4.78 is 68.7. The first-order valence-corrected chi connectivity index (χ1v) is 45.5. The Bertz CT molecular complexity index is 1940. The van der Waals surface area contributed by atoms with Crippen molar-refractivity contribution >= 4 is 39.5 Å². The summed E-state index contributed by atoms with van der Waals surface area (Å²) in [4.78, 5) is 73.0. The molecule has 0 fully saturated rings. The predicted molar refractivity (Wildman–Crippen MR) is 414 cm³/mol. The molecule has 19 heteroatoms. The van der Waals surface area contributed by atoms with Crippen molar-refractivity contribution in [2.24, 2.45) is 11.8 Å². The summed E-state index contributed by atoms with van der Waals surface area (Å²) in [6.45, 7) is 9.62. The quantitative estimate of drug-likeness (QED) is 0.0222. The maximum atomic E-state index is 13.1. The first-order valence-electron chi connectivity index (χ1n) is 42.5. The molecule has 3 N–H and O–H groups in total. The lowest BCUT2D eigenvalue weighted by atomic mass is 10.00. The minimum atomic E-state index is -4.96. The number of phosphoric acid groups is 2. The summed E-state index contributed by atoms with van der Waals surface area (Å²) in [5.74, 6) is -0.587. The molecule has 101 heavy (non-hydrogen) atoms. The number of unbranched alkanes of at least 4 members (excludes halogenated alkanes) is 50. The number of ether oxygens (including phenoxy) is 4. The van der Waals surface area contributed by atoms with Crippen LogP contribution < -0.4 is 0 Å². The van der Waals surface area contributed by atoms with Gasteiger partial charge in [-0.15, -0.1) is 0 Å². The third-order valence-corrected chi connectivity index (χ3v) is 21.5. The van der Waals surface area contributed by atoms with Crippen molar-refractivity contribution in [1.82, 2.24) is 0 Å². The normalized spacial score (nSPS) is 14.2. The van der Waals surface area contributed by atoms with Gasteiger partial charge in [-0.3, -0.25) is 37.3 Å². The highest BCUT2D eigenvalue weighted by Crippen LogP contribution is 2.45. The van der Waals surface area contributed by atoms with E-state index in [9.17, 15) is 43.2 Å². The molecule has 0 amide bonds. The Balaban J connectivity index is 5.21. The van der Waals surface area contributed by atoms with E-state index in [1.54, 1.807) is 0 Å². The Labute approximate surface area is 619 Å². The van der Waals surface area contributed by atoms with E-state index < -0.39 is 97.5 Å². The summed E-state index contributed by atoms with van der Waals surface area (Å²) in [6, 6.07) is 0. The van der Waals surface area contributed by atoms with Gasteiger partial charge in [0.05, 0.1) is 26.4 Å². The highest BCUT2D eigenvalue weighted by atomic mass is 31.2. The maximum Gasteiger partial charge on any atom is 0.472 e. The molecule has 0 rings (SSSR count). The summed E-state index contributed by atoms with van der Waals surface area (Å²) >= 11 is 0. The van der Waals surface area contributed by atoms with E-state index in [1.165, 1.54) is 244 Å². The Morgan fingerprint density at radius 1 is 0.287 bits per heavy atom. The zero-order valence-corrected chi connectivity index (χ0v) is 68.0. The molecule has 0 aromatic carbocycles. The molecule has 3 unspecified atom stereocenters. The van der Waals surface area contributed by atoms with Crippen molar-refractivity contribution in [2.45, 2.75) is 452 Å². The first kappa shape index (κ1) is 99.1. The van der Waals surface area contributed by atoms with Crippen LogP contribution in [-0.2, 0) is 65.4 Å². The van der Waals surface area contributed by atoms with Gasteiger partial charge in [0.25, 0.3) is 0 Å². The van der Waals surface area contributed by atoms with Crippen molar-refractivity contribution in [1.29, 1.82) is 0 Å². The van der Waals surface area contributed by atoms with Crippen LogP contribution in [0.3, 0.4) is 0 Å². The Hall–Kier alpha value is -1.94. The number of hydrogen-bond acceptors (Lipinski definition) is 15. The average Bonchev–Trinajstić information content (AvgIpc) is 0.953. The molecule has 0 saturated carbocycles. The van der Waals surface area contributed by atoms with Crippen molar-refractivity contribution in [2.75, 3.05) is 39.6 Å². The Kier molecular flexibility index (Phi) is 72.2. The standard InChI is InChI=1S/C82H160O17P2/c1-7-10-12-14-16-18-20-22-23-24-25-26-27-28-29-30-34-39-43-47-55-61-67-81(86)98-77(70-92-79(84)64-58-52-45-41-37-35-31-33-36-40-44-50-56-62-74(4)5)72-96-100(88,89)94-68-76(83)69-95-101(90,91)97-73-78(71-93-80(85)65-59-53-49-48-51-57-63-75(6)9-3)99-82(87)66-60-54-46-42-38-32-21-19-17-15-13-11-8-2/h74-78,83H,7-73H2,1-6H3,(H,88,89)(H,90,91)/t75?,76-,77-,78-/m1/s1. The number of phosphoric ester groups is 2. The molecule has 0 bridgehead atoms. The summed E-state index contributed by atoms with van der Waals surface area (Å²) in [5, 5.41) is 10.6. The average molecular weight is 1480 g/mol. The van der Waals surface area contributed by atoms with Crippen LogP contribution >= 0.6 is 15.6 Å². The second-order valence-corrected chi connectivity index (χ2v) is 33.1. The molecule has 17 nitrogen and oxygen atoms in total. The van der Waals surface area contributed by atoms with Gasteiger partial charge in [0, 0.05) is 25.7 Å². The van der Waals surface area contributed by atoms with Gasteiger partial charge in [-0.05, 0) is 37.5 Å². The van der Waals surface area contributed by atoms with Crippen LogP contribution in [0.1, 0.15) is 433 Å². The van der Waals surface area contributed by atoms with Crippen LogP contribution in [0.15, 0.2) is 0 Å². The van der Waals surface area contributed by atoms with E-state index in [1.807, 2.05) is 0 Å². The molecular formula is C82H160O17P2. The van der Waals surface area contributed by atoms with Gasteiger partial charge in [0.1, 0.15) is 19.3 Å². The van der Waals surface area contributed by atoms with Crippen molar-refractivity contribution in [3.8, 4) is 0 Å². The molecule has 6 atom stereocenters. The summed E-state index contributed by atoms with van der Waals surface area (Å²) in [5.41, 5.74) is 0. The number of aliphatic hydroxyl groups is 1. The van der Waals surface area contributed by atoms with E-state index in [-0.39, 0.29) is 25.7 Å². The number of carbonyl (C=O) groups excluding carboxylic acids is 4. The molecule has 0 aliphatic carbocycles. The van der Waals surface area contributed by atoms with E-state index in [2.05, 4.69) is 41.5 Å². The lowest BCUT2D eigenvalue weighted by Gasteiger charge is -2.21. The summed E-state index contributed by atoms with van der Waals surface area (Å²) in [6.07, 6.45) is 63.9. The van der Waals surface area contributed by atoms with Crippen LogP contribution in [0.2, 0.25) is 0 Å². The molecule has 600 valence electrons. The molecule has 0 heterocycles. The van der Waals surface area contributed by atoms with Crippen LogP contribution in [0, 0.1) is 11.8 Å². The molecule has 0 aromatic rings. The molecule has 0 spiro atoms. The third-order valence-electron chi connectivity index (χ3n) is 19.6. The zero-order chi connectivity index (χ0) is 74.2. The molecule has 0 saturated heterocycles. The number of rotatable bonds is 81. The van der Waals surface area contributed by atoms with E-state index in [0.29, 0.717) is 25.7 Å². The fourth-order valence-corrected chi connectivity index (χ4v) is 14.3. The number of aliphatic hydroxyl groups excluding tert-OH is 1. The van der Waals surface area contributed by atoms with Crippen molar-refractivity contribution < 1.29 is 80.2 Å². The topological polar surface area (TPSA) is 237 Å². The number of carbonyl (C=O) groups is 4. The van der Waals surface area contributed by atoms with Gasteiger partial charge in [0.15, 0.2) is 12.2 Å². The molecule has 0 aliphatic rings. The zero-order valence-electron chi connectivity index (χ0n) is 66.2. The maximum absolute atomic E-state index is 13.1. The minimum absolute atomic E-state index is 0.107. The monoisotopic (exact) mass is 1480 g/mol. The lowest BCUT2D eigenvalue weighted by Crippen LogP contribution is -2.30. The largest absolute Gasteiger partial charge is 0.472 e. The summed E-state index contributed by atoms with van der Waals surface area (Å²) in [7, 11) is -9.92. The minimum Gasteiger partial charge on any atom is -0.462 e. The smallest absolute Gasteiger partial charge is 0.462 e. The third kappa shape index (κ3) is 74.7. The van der Waals surface area contributed by atoms with E-state index in [0.717, 1.165) is 108 Å². The van der Waals surface area contributed by atoms with Crippen LogP contribution in [0.25, 0.3) is 0 Å². The van der Waals surface area contributed by atoms with Gasteiger partial charge in [-0.25, -0.2) is 9.13 Å². The Morgan fingerprint density at radius 2 is 0.505 bits per heavy atom. The SMILES string of the molecule is CCCCCCCCCCCCCCCCCCCCCCCCC(=O)O[C@H](COC(=O)CCCCCCCCCCCCCCCC(C)C)COP(=O)(O)OC[C@@H](O)COP(=O)(O)OC[C@@H](COC(=O)CCCCCCCCC(C)CC)OC(=O)CCCCCCCCCCCCCCC. The molecular weight excluding hydrogens is 1320 g/mol. The van der Waals surface area contributed by atoms with Gasteiger partial charge in [0.2, 0.25) is 0 Å². The molecule has 0 radical (unpaired) electrons. The highest BCUT2D eigenvalue weighted by molar-refractivity contribution is 7.47. The van der Waals surface area contributed by atoms with E-state index >= 15 is 0 Å². The Morgan fingerprint density at radius 3 is 0.752 bits per heavy atom. The van der Waals surface area contributed by atoms with E-state index in [4.69, 9.17) is 37.0 Å². The predicted octanol–water partition coefficient (Wildman–Crippen LogP) is 24.7. The second kappa shape index (κ2) is 73.6. The number of esters is 4. The van der Waals surface area contributed by atoms with Crippen LogP contribution in [0.4, 0.5) is 0 Å². The fourth-order valence-electron chi connectivity index (χ4n) is 12.7.